The Morgan fingerprint density at radius 3 is 2.59 bits per heavy atom. The summed E-state index contributed by atoms with van der Waals surface area (Å²) in [7, 11) is 0. The number of halogens is 4. The molecule has 0 aliphatic heterocycles. The normalized spacial score (nSPS) is 11.6. The molecule has 0 radical (unpaired) electrons. The van der Waals surface area contributed by atoms with E-state index < -0.39 is 11.7 Å². The summed E-state index contributed by atoms with van der Waals surface area (Å²) in [5.74, 6) is -1.16. The third kappa shape index (κ3) is 4.32. The standard InChI is InChI=1S/C10H11Cl2FN2O.ClH/c1-5(4-14)15-10(16)6-2-9(13)8(12)3-7(6)11;/h2-3,5H,4,14H2,1H3,(H,15,16);1H/t5-;/m0./s1. The number of nitrogens with one attached hydrogen (secondary N) is 1. The van der Waals surface area contributed by atoms with Gasteiger partial charge in [0.05, 0.1) is 15.6 Å². The molecule has 7 heteroatoms. The highest BCUT2D eigenvalue weighted by molar-refractivity contribution is 6.36. The minimum atomic E-state index is -0.684. The van der Waals surface area contributed by atoms with E-state index in [1.165, 1.54) is 6.07 Å². The van der Waals surface area contributed by atoms with Crippen LogP contribution in [0.15, 0.2) is 12.1 Å². The van der Waals surface area contributed by atoms with Crippen molar-refractivity contribution in [2.24, 2.45) is 5.73 Å². The van der Waals surface area contributed by atoms with Gasteiger partial charge in [0.15, 0.2) is 0 Å². The highest BCUT2D eigenvalue weighted by atomic mass is 35.5. The number of amides is 1. The van der Waals surface area contributed by atoms with Gasteiger partial charge < -0.3 is 11.1 Å². The molecule has 0 saturated heterocycles. The van der Waals surface area contributed by atoms with Gasteiger partial charge in [-0.15, -0.1) is 12.4 Å². The molecule has 1 aromatic rings. The fourth-order valence-corrected chi connectivity index (χ4v) is 1.53. The molecule has 1 aromatic carbocycles. The summed E-state index contributed by atoms with van der Waals surface area (Å²) in [6.07, 6.45) is 0. The van der Waals surface area contributed by atoms with Gasteiger partial charge in [-0.2, -0.15) is 0 Å². The number of carbonyl (C=O) groups is 1. The van der Waals surface area contributed by atoms with Crippen molar-refractivity contribution in [1.82, 2.24) is 5.32 Å². The molecule has 0 unspecified atom stereocenters. The SMILES string of the molecule is C[C@@H](CN)NC(=O)c1cc(F)c(Cl)cc1Cl.Cl. The van der Waals surface area contributed by atoms with E-state index in [1.54, 1.807) is 6.92 Å². The first-order valence-electron chi connectivity index (χ1n) is 4.61. The van der Waals surface area contributed by atoms with Gasteiger partial charge in [-0.3, -0.25) is 4.79 Å². The number of carbonyl (C=O) groups excluding carboxylic acids is 1. The first-order valence-corrected chi connectivity index (χ1v) is 5.36. The summed E-state index contributed by atoms with van der Waals surface area (Å²) in [6.45, 7) is 2.03. The van der Waals surface area contributed by atoms with Crippen LogP contribution in [0.3, 0.4) is 0 Å². The number of hydrogen-bond donors (Lipinski definition) is 2. The molecule has 17 heavy (non-hydrogen) atoms. The quantitative estimate of drug-likeness (QED) is 0.843. The van der Waals surface area contributed by atoms with Crippen LogP contribution < -0.4 is 11.1 Å². The maximum atomic E-state index is 13.1. The number of benzene rings is 1. The van der Waals surface area contributed by atoms with Gasteiger partial charge in [-0.25, -0.2) is 4.39 Å². The molecule has 0 heterocycles. The van der Waals surface area contributed by atoms with Crippen LogP contribution in [0.5, 0.6) is 0 Å². The lowest BCUT2D eigenvalue weighted by atomic mass is 10.2. The van der Waals surface area contributed by atoms with Gasteiger partial charge >= 0.3 is 0 Å². The Kier molecular flexibility index (Phi) is 6.78. The summed E-state index contributed by atoms with van der Waals surface area (Å²) in [4.78, 5) is 11.6. The van der Waals surface area contributed by atoms with Crippen LogP contribution in [0.2, 0.25) is 10.0 Å². The number of hydrogen-bond acceptors (Lipinski definition) is 2. The van der Waals surface area contributed by atoms with E-state index in [4.69, 9.17) is 28.9 Å². The molecule has 0 aliphatic rings. The van der Waals surface area contributed by atoms with Crippen molar-refractivity contribution >= 4 is 41.5 Å². The van der Waals surface area contributed by atoms with Crippen LogP contribution in [0, 0.1) is 5.82 Å². The van der Waals surface area contributed by atoms with Crippen molar-refractivity contribution in [1.29, 1.82) is 0 Å². The first-order chi connectivity index (χ1) is 7.45. The summed E-state index contributed by atoms with van der Waals surface area (Å²) >= 11 is 11.3. The van der Waals surface area contributed by atoms with Gasteiger partial charge in [-0.05, 0) is 19.1 Å². The van der Waals surface area contributed by atoms with E-state index in [0.717, 1.165) is 6.07 Å². The molecule has 0 aliphatic carbocycles. The predicted octanol–water partition coefficient (Wildman–Crippen LogP) is 2.63. The molecule has 0 saturated carbocycles. The van der Waals surface area contributed by atoms with Crippen LogP contribution in [0.1, 0.15) is 17.3 Å². The minimum Gasteiger partial charge on any atom is -0.348 e. The van der Waals surface area contributed by atoms with E-state index >= 15 is 0 Å². The molecular formula is C10H12Cl3FN2O. The van der Waals surface area contributed by atoms with Crippen LogP contribution in [0.4, 0.5) is 4.39 Å². The van der Waals surface area contributed by atoms with Crippen molar-refractivity contribution in [3.8, 4) is 0 Å². The molecule has 3 nitrogen and oxygen atoms in total. The van der Waals surface area contributed by atoms with Crippen molar-refractivity contribution in [2.75, 3.05) is 6.54 Å². The zero-order valence-electron chi connectivity index (χ0n) is 8.97. The van der Waals surface area contributed by atoms with E-state index in [0.29, 0.717) is 6.54 Å². The third-order valence-corrected chi connectivity index (χ3v) is 2.59. The molecule has 0 spiro atoms. The van der Waals surface area contributed by atoms with Gasteiger partial charge in [0.1, 0.15) is 5.82 Å². The summed E-state index contributed by atoms with van der Waals surface area (Å²) in [6, 6.07) is 1.99. The molecule has 3 N–H and O–H groups in total. The zero-order chi connectivity index (χ0) is 12.3. The molecule has 1 rings (SSSR count). The van der Waals surface area contributed by atoms with Crippen LogP contribution in [-0.2, 0) is 0 Å². The number of rotatable bonds is 3. The fraction of sp³-hybridized carbons (Fsp3) is 0.300. The molecule has 0 bridgehead atoms. The second kappa shape index (κ2) is 7.01. The Hall–Kier alpha value is -0.550. The van der Waals surface area contributed by atoms with Crippen LogP contribution >= 0.6 is 35.6 Å². The van der Waals surface area contributed by atoms with Gasteiger partial charge in [0, 0.05) is 12.6 Å². The van der Waals surface area contributed by atoms with Crippen LogP contribution in [0.25, 0.3) is 0 Å². The average molecular weight is 302 g/mol. The van der Waals surface area contributed by atoms with Crippen molar-refractivity contribution in [3.05, 3.63) is 33.6 Å². The molecule has 1 atom stereocenters. The summed E-state index contributed by atoms with van der Waals surface area (Å²) < 4.78 is 13.1. The van der Waals surface area contributed by atoms with Gasteiger partial charge in [0.25, 0.3) is 5.91 Å². The fourth-order valence-electron chi connectivity index (χ4n) is 1.06. The van der Waals surface area contributed by atoms with Gasteiger partial charge in [0.2, 0.25) is 0 Å². The van der Waals surface area contributed by atoms with E-state index in [1.807, 2.05) is 0 Å². The first kappa shape index (κ1) is 16.4. The number of nitrogens with two attached hydrogens (primary N) is 1. The molecule has 1 amide bonds. The zero-order valence-corrected chi connectivity index (χ0v) is 11.3. The Morgan fingerprint density at radius 1 is 1.47 bits per heavy atom. The molecule has 0 fully saturated rings. The van der Waals surface area contributed by atoms with E-state index in [9.17, 15) is 9.18 Å². The highest BCUT2D eigenvalue weighted by Gasteiger charge is 2.15. The maximum absolute atomic E-state index is 13.1. The smallest absolute Gasteiger partial charge is 0.253 e. The largest absolute Gasteiger partial charge is 0.348 e. The lowest BCUT2D eigenvalue weighted by Gasteiger charge is -2.12. The lowest BCUT2D eigenvalue weighted by molar-refractivity contribution is 0.0941. The monoisotopic (exact) mass is 300 g/mol. The van der Waals surface area contributed by atoms with Crippen molar-refractivity contribution in [2.45, 2.75) is 13.0 Å². The van der Waals surface area contributed by atoms with E-state index in [2.05, 4.69) is 5.32 Å². The minimum absolute atomic E-state index is 0. The second-order valence-corrected chi connectivity index (χ2v) is 4.17. The topological polar surface area (TPSA) is 55.1 Å². The van der Waals surface area contributed by atoms with E-state index in [-0.39, 0.29) is 34.1 Å². The molecular weight excluding hydrogens is 289 g/mol. The Balaban J connectivity index is 0.00000256. The lowest BCUT2D eigenvalue weighted by Crippen LogP contribution is -2.37. The van der Waals surface area contributed by atoms with Crippen molar-refractivity contribution in [3.63, 3.8) is 0 Å². The van der Waals surface area contributed by atoms with Gasteiger partial charge in [-0.1, -0.05) is 23.2 Å². The van der Waals surface area contributed by atoms with Crippen LogP contribution in [-0.4, -0.2) is 18.5 Å². The Morgan fingerprint density at radius 2 is 2.06 bits per heavy atom. The highest BCUT2D eigenvalue weighted by Crippen LogP contribution is 2.24. The Bertz CT molecular complexity index is 415. The predicted molar refractivity (Wildman–Crippen MR) is 69.7 cm³/mol. The second-order valence-electron chi connectivity index (χ2n) is 3.36. The summed E-state index contributed by atoms with van der Waals surface area (Å²) in [5, 5.41) is 2.56. The third-order valence-electron chi connectivity index (χ3n) is 1.99. The Labute approximate surface area is 115 Å². The molecule has 0 aromatic heterocycles. The molecule has 96 valence electrons. The van der Waals surface area contributed by atoms with Crippen molar-refractivity contribution < 1.29 is 9.18 Å². The average Bonchev–Trinajstić information content (AvgIpc) is 2.23. The summed E-state index contributed by atoms with van der Waals surface area (Å²) in [5.41, 5.74) is 5.39. The maximum Gasteiger partial charge on any atom is 0.253 e.